The Labute approximate surface area is 135 Å². The fourth-order valence-corrected chi connectivity index (χ4v) is 5.56. The van der Waals surface area contributed by atoms with Crippen molar-refractivity contribution in [1.29, 1.82) is 0 Å². The highest BCUT2D eigenvalue weighted by Crippen LogP contribution is 2.16. The van der Waals surface area contributed by atoms with E-state index < -0.39 is 38.0 Å². The summed E-state index contributed by atoms with van der Waals surface area (Å²) in [6.45, 7) is 1.74. The number of alkyl carbamates (subject to hydrolysis) is 1. The van der Waals surface area contributed by atoms with Crippen LogP contribution in [0.4, 0.5) is 4.79 Å². The molecule has 1 heterocycles. The first kappa shape index (κ1) is 17.7. The Bertz CT molecular complexity index is 761. The Kier molecular flexibility index (Phi) is 5.27. The maximum Gasteiger partial charge on any atom is 0.407 e. The summed E-state index contributed by atoms with van der Waals surface area (Å²) in [5, 5.41) is 2.39. The van der Waals surface area contributed by atoms with Crippen molar-refractivity contribution in [2.24, 2.45) is 0 Å². The number of ether oxygens (including phenoxy) is 1. The van der Waals surface area contributed by atoms with Crippen molar-refractivity contribution in [2.75, 3.05) is 18.1 Å². The van der Waals surface area contributed by atoms with Crippen molar-refractivity contribution in [3.05, 3.63) is 30.3 Å². The van der Waals surface area contributed by atoms with Crippen LogP contribution in [0.2, 0.25) is 0 Å². The maximum atomic E-state index is 12.3. The minimum atomic E-state index is -3.88. The quantitative estimate of drug-likeness (QED) is 0.754. The third-order valence-corrected chi connectivity index (χ3v) is 6.53. The molecule has 1 amide bonds. The number of rotatable bonds is 5. The van der Waals surface area contributed by atoms with Gasteiger partial charge >= 0.3 is 6.09 Å². The van der Waals surface area contributed by atoms with Gasteiger partial charge in [-0.25, -0.2) is 26.4 Å². The van der Waals surface area contributed by atoms with Gasteiger partial charge in [0.2, 0.25) is 10.0 Å². The van der Waals surface area contributed by atoms with E-state index in [4.69, 9.17) is 4.74 Å². The van der Waals surface area contributed by atoms with Crippen LogP contribution in [0.1, 0.15) is 6.92 Å². The van der Waals surface area contributed by atoms with Crippen LogP contribution in [0.15, 0.2) is 35.2 Å². The van der Waals surface area contributed by atoms with Crippen molar-refractivity contribution < 1.29 is 26.4 Å². The molecule has 2 rings (SSSR count). The highest BCUT2D eigenvalue weighted by molar-refractivity contribution is 7.92. The second kappa shape index (κ2) is 6.85. The normalized spacial score (nSPS) is 23.3. The highest BCUT2D eigenvalue weighted by atomic mass is 32.2. The summed E-state index contributed by atoms with van der Waals surface area (Å²) >= 11 is 0. The molecule has 0 spiro atoms. The molecule has 2 N–H and O–H groups in total. The molecule has 0 aliphatic carbocycles. The first-order valence-corrected chi connectivity index (χ1v) is 10.2. The molecule has 0 aromatic heterocycles. The average molecular weight is 362 g/mol. The lowest BCUT2D eigenvalue weighted by Crippen LogP contribution is -2.50. The van der Waals surface area contributed by atoms with Gasteiger partial charge in [-0.3, -0.25) is 0 Å². The number of sulfonamides is 1. The molecule has 1 saturated heterocycles. The Balaban J connectivity index is 2.17. The fourth-order valence-electron chi connectivity index (χ4n) is 2.30. The van der Waals surface area contributed by atoms with Crippen LogP contribution in [0.25, 0.3) is 0 Å². The van der Waals surface area contributed by atoms with Crippen molar-refractivity contribution in [3.63, 3.8) is 0 Å². The Morgan fingerprint density at radius 2 is 1.83 bits per heavy atom. The van der Waals surface area contributed by atoms with Gasteiger partial charge < -0.3 is 10.1 Å². The lowest BCUT2D eigenvalue weighted by Gasteiger charge is -2.20. The molecule has 0 saturated carbocycles. The van der Waals surface area contributed by atoms with Gasteiger partial charge in [-0.15, -0.1) is 0 Å². The van der Waals surface area contributed by atoms with Gasteiger partial charge in [-0.1, -0.05) is 18.2 Å². The minimum Gasteiger partial charge on any atom is -0.450 e. The van der Waals surface area contributed by atoms with Gasteiger partial charge in [0.15, 0.2) is 9.84 Å². The van der Waals surface area contributed by atoms with Crippen LogP contribution in [0.3, 0.4) is 0 Å². The van der Waals surface area contributed by atoms with Crippen molar-refractivity contribution in [1.82, 2.24) is 10.0 Å². The zero-order valence-electron chi connectivity index (χ0n) is 12.4. The zero-order chi connectivity index (χ0) is 17.1. The van der Waals surface area contributed by atoms with Crippen LogP contribution in [0, 0.1) is 0 Å². The van der Waals surface area contributed by atoms with E-state index in [1.165, 1.54) is 12.1 Å². The molecular formula is C13H18N2O6S2. The molecule has 1 aromatic carbocycles. The van der Waals surface area contributed by atoms with E-state index in [-0.39, 0.29) is 23.0 Å². The topological polar surface area (TPSA) is 119 Å². The molecule has 1 aliphatic rings. The summed E-state index contributed by atoms with van der Waals surface area (Å²) in [4.78, 5) is 11.5. The molecule has 0 unspecified atom stereocenters. The first-order chi connectivity index (χ1) is 10.7. The van der Waals surface area contributed by atoms with E-state index in [1.807, 2.05) is 0 Å². The average Bonchev–Trinajstić information content (AvgIpc) is 2.73. The number of benzene rings is 1. The number of carbonyl (C=O) groups is 1. The standard InChI is InChI=1S/C13H18N2O6S2/c1-2-21-13(16)14-11-8-22(17,18)9-12(11)15-23(19,20)10-6-4-3-5-7-10/h3-7,11-12,15H,2,8-9H2,1H3,(H,14,16)/t11-,12-/m0/s1. The lowest BCUT2D eigenvalue weighted by molar-refractivity contribution is 0.148. The number of nitrogens with one attached hydrogen (secondary N) is 2. The fraction of sp³-hybridized carbons (Fsp3) is 0.462. The van der Waals surface area contributed by atoms with Crippen molar-refractivity contribution in [2.45, 2.75) is 23.9 Å². The van der Waals surface area contributed by atoms with Crippen LogP contribution < -0.4 is 10.0 Å². The van der Waals surface area contributed by atoms with Gasteiger partial charge in [0.05, 0.1) is 35.1 Å². The predicted octanol–water partition coefficient (Wildman–Crippen LogP) is -0.123. The molecule has 1 aliphatic heterocycles. The van der Waals surface area contributed by atoms with E-state index in [9.17, 15) is 21.6 Å². The number of amides is 1. The van der Waals surface area contributed by atoms with Crippen molar-refractivity contribution in [3.8, 4) is 0 Å². The van der Waals surface area contributed by atoms with Gasteiger partial charge in [0.25, 0.3) is 0 Å². The monoisotopic (exact) mass is 362 g/mol. The zero-order valence-corrected chi connectivity index (χ0v) is 14.1. The molecule has 2 atom stereocenters. The van der Waals surface area contributed by atoms with E-state index in [0.717, 1.165) is 0 Å². The maximum absolute atomic E-state index is 12.3. The number of carbonyl (C=O) groups excluding carboxylic acids is 1. The molecule has 128 valence electrons. The predicted molar refractivity (Wildman–Crippen MR) is 83.2 cm³/mol. The molecule has 1 fully saturated rings. The van der Waals surface area contributed by atoms with Crippen LogP contribution in [-0.2, 0) is 24.6 Å². The lowest BCUT2D eigenvalue weighted by atomic mass is 10.2. The summed E-state index contributed by atoms with van der Waals surface area (Å²) < 4.78 is 55.2. The summed E-state index contributed by atoms with van der Waals surface area (Å²) in [6.07, 6.45) is -0.779. The molecular weight excluding hydrogens is 344 g/mol. The minimum absolute atomic E-state index is 0.0270. The van der Waals surface area contributed by atoms with E-state index in [1.54, 1.807) is 25.1 Å². The van der Waals surface area contributed by atoms with Gasteiger partial charge in [0, 0.05) is 0 Å². The van der Waals surface area contributed by atoms with Gasteiger partial charge in [-0.2, -0.15) is 0 Å². The SMILES string of the molecule is CCOC(=O)N[C@H]1CS(=O)(=O)C[C@@H]1NS(=O)(=O)c1ccccc1. The van der Waals surface area contributed by atoms with Crippen molar-refractivity contribution >= 4 is 26.0 Å². The third kappa shape index (κ3) is 4.66. The summed E-state index contributed by atoms with van der Waals surface area (Å²) in [5.74, 6) is -0.718. The summed E-state index contributed by atoms with van der Waals surface area (Å²) in [7, 11) is -7.34. The van der Waals surface area contributed by atoms with E-state index in [2.05, 4.69) is 10.0 Å². The second-order valence-corrected chi connectivity index (χ2v) is 8.96. The molecule has 1 aromatic rings. The molecule has 0 radical (unpaired) electrons. The smallest absolute Gasteiger partial charge is 0.407 e. The summed E-state index contributed by atoms with van der Waals surface area (Å²) in [6, 6.07) is 5.78. The Morgan fingerprint density at radius 3 is 2.43 bits per heavy atom. The van der Waals surface area contributed by atoms with E-state index >= 15 is 0 Å². The largest absolute Gasteiger partial charge is 0.450 e. The summed E-state index contributed by atoms with van der Waals surface area (Å²) in [5.41, 5.74) is 0. The number of sulfone groups is 1. The number of hydrogen-bond donors (Lipinski definition) is 2. The van der Waals surface area contributed by atoms with Crippen LogP contribution in [-0.4, -0.2) is 53.1 Å². The van der Waals surface area contributed by atoms with Gasteiger partial charge in [-0.05, 0) is 19.1 Å². The highest BCUT2D eigenvalue weighted by Gasteiger charge is 2.41. The Hall–Kier alpha value is -1.65. The molecule has 23 heavy (non-hydrogen) atoms. The van der Waals surface area contributed by atoms with Crippen LogP contribution in [0.5, 0.6) is 0 Å². The number of hydrogen-bond acceptors (Lipinski definition) is 6. The van der Waals surface area contributed by atoms with Gasteiger partial charge in [0.1, 0.15) is 0 Å². The van der Waals surface area contributed by atoms with E-state index in [0.29, 0.717) is 0 Å². The first-order valence-electron chi connectivity index (χ1n) is 6.94. The molecule has 8 nitrogen and oxygen atoms in total. The Morgan fingerprint density at radius 1 is 1.22 bits per heavy atom. The second-order valence-electron chi connectivity index (χ2n) is 5.09. The molecule has 10 heteroatoms. The molecule has 0 bridgehead atoms. The third-order valence-electron chi connectivity index (χ3n) is 3.29. The van der Waals surface area contributed by atoms with Crippen LogP contribution >= 0.6 is 0 Å².